The van der Waals surface area contributed by atoms with Gasteiger partial charge in [-0.25, -0.2) is 0 Å². The molecule has 0 radical (unpaired) electrons. The maximum Gasteiger partial charge on any atom is 0.129 e. The summed E-state index contributed by atoms with van der Waals surface area (Å²) in [7, 11) is 0. The third kappa shape index (κ3) is 23.9. The number of hydrogen-bond acceptors (Lipinski definition) is 1. The Hall–Kier alpha value is -0.330. The predicted octanol–water partition coefficient (Wildman–Crippen LogP) is 10.6. The van der Waals surface area contributed by atoms with Gasteiger partial charge in [-0.3, -0.25) is 0 Å². The van der Waals surface area contributed by atoms with Crippen LogP contribution in [0.4, 0.5) is 0 Å². The average Bonchev–Trinajstić information content (AvgIpc) is 2.70. The van der Waals surface area contributed by atoms with Crippen LogP contribution in [0, 0.1) is 5.41 Å². The number of rotatable bonds is 24. The summed E-state index contributed by atoms with van der Waals surface area (Å²) in [6.07, 6.45) is 31.6. The third-order valence-corrected chi connectivity index (χ3v) is 6.84. The van der Waals surface area contributed by atoms with E-state index >= 15 is 0 Å². The Kier molecular flexibility index (Phi) is 21.6. The van der Waals surface area contributed by atoms with Crippen LogP contribution in [0.5, 0.6) is 0 Å². The van der Waals surface area contributed by atoms with E-state index in [-0.39, 0.29) is 0 Å². The number of Topliss-reactive ketones (excluding diaryl/α,β-unsaturated/α-hetero) is 1. The molecular formula is C29H58O. The molecule has 0 spiro atoms. The monoisotopic (exact) mass is 422 g/mol. The predicted molar refractivity (Wildman–Crippen MR) is 136 cm³/mol. The number of carbonyl (C=O) groups excluding carboxylic acids is 1. The van der Waals surface area contributed by atoms with Crippen molar-refractivity contribution < 1.29 is 4.79 Å². The van der Waals surface area contributed by atoms with E-state index in [4.69, 9.17) is 0 Å². The quantitative estimate of drug-likeness (QED) is 0.141. The lowest BCUT2D eigenvalue weighted by atomic mass is 9.82. The fourth-order valence-corrected chi connectivity index (χ4v) is 4.61. The second-order valence-corrected chi connectivity index (χ2v) is 10.8. The number of carbonyl (C=O) groups is 1. The summed E-state index contributed by atoms with van der Waals surface area (Å²) >= 11 is 0. The minimum atomic E-state index is 0.347. The summed E-state index contributed by atoms with van der Waals surface area (Å²) in [4.78, 5) is 10.9. The lowest BCUT2D eigenvalue weighted by molar-refractivity contribution is -0.117. The second kappa shape index (κ2) is 21.9. The van der Waals surface area contributed by atoms with Gasteiger partial charge in [-0.05, 0) is 31.6 Å². The zero-order chi connectivity index (χ0) is 22.3. The highest BCUT2D eigenvalue weighted by Crippen LogP contribution is 2.30. The first-order valence-corrected chi connectivity index (χ1v) is 14.0. The van der Waals surface area contributed by atoms with Crippen LogP contribution in [0.15, 0.2) is 0 Å². The van der Waals surface area contributed by atoms with E-state index in [1.807, 2.05) is 0 Å². The van der Waals surface area contributed by atoms with Crippen molar-refractivity contribution in [1.82, 2.24) is 0 Å². The minimum Gasteiger partial charge on any atom is -0.300 e. The van der Waals surface area contributed by atoms with E-state index in [1.165, 1.54) is 135 Å². The largest absolute Gasteiger partial charge is 0.300 e. The van der Waals surface area contributed by atoms with Crippen LogP contribution in [0.2, 0.25) is 0 Å². The zero-order valence-corrected chi connectivity index (χ0v) is 21.7. The summed E-state index contributed by atoms with van der Waals surface area (Å²) in [5, 5.41) is 0. The second-order valence-electron chi connectivity index (χ2n) is 10.8. The minimum absolute atomic E-state index is 0.347. The van der Waals surface area contributed by atoms with Crippen LogP contribution >= 0.6 is 0 Å². The third-order valence-electron chi connectivity index (χ3n) is 6.84. The Morgan fingerprint density at radius 1 is 0.500 bits per heavy atom. The van der Waals surface area contributed by atoms with Crippen LogP contribution in [-0.4, -0.2) is 5.78 Å². The van der Waals surface area contributed by atoms with E-state index in [0.29, 0.717) is 11.2 Å². The van der Waals surface area contributed by atoms with Gasteiger partial charge in [0.15, 0.2) is 0 Å². The SMILES string of the molecule is CCCCCCCCCCCCCCCCC(C)(C)CCCCCCCCC(C)=O. The number of hydrogen-bond donors (Lipinski definition) is 0. The lowest BCUT2D eigenvalue weighted by Gasteiger charge is -2.24. The summed E-state index contributed by atoms with van der Waals surface area (Å²) in [6.45, 7) is 8.95. The van der Waals surface area contributed by atoms with E-state index in [1.54, 1.807) is 6.92 Å². The molecule has 0 unspecified atom stereocenters. The van der Waals surface area contributed by atoms with Crippen LogP contribution < -0.4 is 0 Å². The van der Waals surface area contributed by atoms with Crippen molar-refractivity contribution in [3.05, 3.63) is 0 Å². The Balaban J connectivity index is 3.31. The normalized spacial score (nSPS) is 11.9. The molecule has 0 atom stereocenters. The van der Waals surface area contributed by atoms with Crippen molar-refractivity contribution in [2.45, 2.75) is 175 Å². The zero-order valence-electron chi connectivity index (χ0n) is 21.7. The van der Waals surface area contributed by atoms with Crippen LogP contribution in [0.3, 0.4) is 0 Å². The molecular weight excluding hydrogens is 364 g/mol. The van der Waals surface area contributed by atoms with E-state index in [9.17, 15) is 4.79 Å². The molecule has 180 valence electrons. The molecule has 0 bridgehead atoms. The van der Waals surface area contributed by atoms with Crippen LogP contribution in [-0.2, 0) is 4.79 Å². The topological polar surface area (TPSA) is 17.1 Å². The Morgan fingerprint density at radius 2 is 0.800 bits per heavy atom. The van der Waals surface area contributed by atoms with Gasteiger partial charge >= 0.3 is 0 Å². The molecule has 0 fully saturated rings. The molecule has 1 heteroatoms. The van der Waals surface area contributed by atoms with Gasteiger partial charge in [0.05, 0.1) is 0 Å². The van der Waals surface area contributed by atoms with Crippen molar-refractivity contribution in [1.29, 1.82) is 0 Å². The van der Waals surface area contributed by atoms with Gasteiger partial charge in [-0.1, -0.05) is 143 Å². The van der Waals surface area contributed by atoms with Gasteiger partial charge in [0.1, 0.15) is 5.78 Å². The fourth-order valence-electron chi connectivity index (χ4n) is 4.61. The first kappa shape index (κ1) is 29.7. The molecule has 1 nitrogen and oxygen atoms in total. The first-order chi connectivity index (χ1) is 14.5. The fraction of sp³-hybridized carbons (Fsp3) is 0.966. The van der Waals surface area contributed by atoms with Crippen molar-refractivity contribution in [2.24, 2.45) is 5.41 Å². The van der Waals surface area contributed by atoms with Crippen LogP contribution in [0.25, 0.3) is 0 Å². The summed E-state index contributed by atoms with van der Waals surface area (Å²) < 4.78 is 0. The first-order valence-electron chi connectivity index (χ1n) is 14.0. The van der Waals surface area contributed by atoms with E-state index in [0.717, 1.165) is 12.8 Å². The maximum atomic E-state index is 10.9. The highest BCUT2D eigenvalue weighted by Gasteiger charge is 2.16. The standard InChI is InChI=1S/C29H58O/c1-5-6-7-8-9-10-11-12-13-14-15-17-20-23-26-29(3,4)27-24-21-18-16-19-22-25-28(2)30/h5-27H2,1-4H3. The molecule has 0 saturated heterocycles. The lowest BCUT2D eigenvalue weighted by Crippen LogP contribution is -2.11. The summed E-state index contributed by atoms with van der Waals surface area (Å²) in [5.41, 5.74) is 0.533. The highest BCUT2D eigenvalue weighted by molar-refractivity contribution is 5.75. The molecule has 0 heterocycles. The van der Waals surface area contributed by atoms with E-state index < -0.39 is 0 Å². The molecule has 0 aromatic heterocycles. The highest BCUT2D eigenvalue weighted by atomic mass is 16.1. The molecule has 0 aliphatic carbocycles. The molecule has 0 aliphatic heterocycles. The van der Waals surface area contributed by atoms with Crippen molar-refractivity contribution in [2.75, 3.05) is 0 Å². The number of unbranched alkanes of at least 4 members (excludes halogenated alkanes) is 18. The molecule has 0 saturated carbocycles. The van der Waals surface area contributed by atoms with Crippen molar-refractivity contribution in [3.63, 3.8) is 0 Å². The summed E-state index contributed by atoms with van der Waals surface area (Å²) in [5.74, 6) is 0.347. The van der Waals surface area contributed by atoms with Gasteiger partial charge in [0.2, 0.25) is 0 Å². The Morgan fingerprint density at radius 3 is 1.13 bits per heavy atom. The number of ketones is 1. The van der Waals surface area contributed by atoms with Gasteiger partial charge in [-0.15, -0.1) is 0 Å². The van der Waals surface area contributed by atoms with Crippen LogP contribution in [0.1, 0.15) is 175 Å². The molecule has 0 aromatic rings. The molecule has 0 N–H and O–H groups in total. The van der Waals surface area contributed by atoms with Gasteiger partial charge in [0.25, 0.3) is 0 Å². The maximum absolute atomic E-state index is 10.9. The van der Waals surface area contributed by atoms with Gasteiger partial charge in [-0.2, -0.15) is 0 Å². The Labute approximate surface area is 191 Å². The Bertz CT molecular complexity index is 357. The molecule has 0 aromatic carbocycles. The molecule has 0 amide bonds. The van der Waals surface area contributed by atoms with E-state index in [2.05, 4.69) is 20.8 Å². The average molecular weight is 423 g/mol. The molecule has 0 aliphatic rings. The molecule has 0 rings (SSSR count). The van der Waals surface area contributed by atoms with Crippen molar-refractivity contribution in [3.8, 4) is 0 Å². The van der Waals surface area contributed by atoms with Gasteiger partial charge < -0.3 is 4.79 Å². The molecule has 30 heavy (non-hydrogen) atoms. The van der Waals surface area contributed by atoms with Crippen molar-refractivity contribution >= 4 is 5.78 Å². The smallest absolute Gasteiger partial charge is 0.129 e. The summed E-state index contributed by atoms with van der Waals surface area (Å²) in [6, 6.07) is 0. The van der Waals surface area contributed by atoms with Gasteiger partial charge in [0, 0.05) is 6.42 Å².